The average Bonchev–Trinajstić information content (AvgIpc) is 2.76. The van der Waals surface area contributed by atoms with E-state index >= 15 is 0 Å². The smallest absolute Gasteiger partial charge is 0.0652 e. The van der Waals surface area contributed by atoms with Gasteiger partial charge in [0.1, 0.15) is 0 Å². The van der Waals surface area contributed by atoms with Gasteiger partial charge in [-0.1, -0.05) is 48.5 Å². The SMILES string of the molecule is C(=N/N(c1ccccc1)c1ccccc1)/c1ccc(N2CCCCC2)cc1. The van der Waals surface area contributed by atoms with Crippen LogP contribution in [0.5, 0.6) is 0 Å². The fraction of sp³-hybridized carbons (Fsp3) is 0.208. The summed E-state index contributed by atoms with van der Waals surface area (Å²) in [6, 6.07) is 29.2. The van der Waals surface area contributed by atoms with Gasteiger partial charge < -0.3 is 4.90 Å². The second-order valence-electron chi connectivity index (χ2n) is 6.87. The van der Waals surface area contributed by atoms with E-state index in [9.17, 15) is 0 Å². The van der Waals surface area contributed by atoms with Gasteiger partial charge in [0.2, 0.25) is 0 Å². The number of hydrogen-bond donors (Lipinski definition) is 0. The number of nitrogens with zero attached hydrogens (tertiary/aromatic N) is 3. The minimum absolute atomic E-state index is 1.05. The van der Waals surface area contributed by atoms with Crippen LogP contribution in [0, 0.1) is 0 Å². The van der Waals surface area contributed by atoms with E-state index in [0.717, 1.165) is 16.9 Å². The standard InChI is InChI=1S/C24H25N3/c1-4-10-23(11-5-1)27(24-12-6-2-7-13-24)25-20-21-14-16-22(17-15-21)26-18-8-3-9-19-26/h1-2,4-7,10-17,20H,3,8-9,18-19H2/b25-20-. The van der Waals surface area contributed by atoms with Crippen molar-refractivity contribution in [3.63, 3.8) is 0 Å². The van der Waals surface area contributed by atoms with Crippen LogP contribution in [0.15, 0.2) is 90.0 Å². The maximum Gasteiger partial charge on any atom is 0.0652 e. The molecule has 0 atom stereocenters. The zero-order valence-electron chi connectivity index (χ0n) is 15.5. The van der Waals surface area contributed by atoms with Gasteiger partial charge in [0.25, 0.3) is 0 Å². The predicted octanol–water partition coefficient (Wildman–Crippen LogP) is 5.85. The predicted molar refractivity (Wildman–Crippen MR) is 115 cm³/mol. The minimum Gasteiger partial charge on any atom is -0.372 e. The zero-order chi connectivity index (χ0) is 18.3. The Morgan fingerprint density at radius 1 is 0.667 bits per heavy atom. The highest BCUT2D eigenvalue weighted by Gasteiger charge is 2.10. The Labute approximate surface area is 161 Å². The lowest BCUT2D eigenvalue weighted by atomic mass is 10.1. The van der Waals surface area contributed by atoms with Crippen molar-refractivity contribution < 1.29 is 0 Å². The van der Waals surface area contributed by atoms with Crippen LogP contribution in [-0.4, -0.2) is 19.3 Å². The molecule has 1 aliphatic heterocycles. The Bertz CT molecular complexity index is 812. The molecule has 3 nitrogen and oxygen atoms in total. The molecule has 3 heteroatoms. The Balaban J connectivity index is 1.55. The lowest BCUT2D eigenvalue weighted by molar-refractivity contribution is 0.578. The average molecular weight is 355 g/mol. The molecule has 0 spiro atoms. The molecule has 0 amide bonds. The highest BCUT2D eigenvalue weighted by molar-refractivity contribution is 5.82. The van der Waals surface area contributed by atoms with Crippen LogP contribution in [0.25, 0.3) is 0 Å². The van der Waals surface area contributed by atoms with E-state index in [1.54, 1.807) is 0 Å². The first-order valence-electron chi connectivity index (χ1n) is 9.69. The molecule has 0 N–H and O–H groups in total. The monoisotopic (exact) mass is 355 g/mol. The number of hydrazone groups is 1. The largest absolute Gasteiger partial charge is 0.372 e. The first-order valence-corrected chi connectivity index (χ1v) is 9.69. The second kappa shape index (κ2) is 8.54. The Morgan fingerprint density at radius 2 is 1.22 bits per heavy atom. The van der Waals surface area contributed by atoms with Crippen molar-refractivity contribution in [3.8, 4) is 0 Å². The molecular formula is C24H25N3. The van der Waals surface area contributed by atoms with Gasteiger partial charge in [-0.2, -0.15) is 5.10 Å². The molecule has 3 aromatic rings. The third-order valence-corrected chi connectivity index (χ3v) is 4.94. The molecule has 4 rings (SSSR count). The molecule has 0 radical (unpaired) electrons. The minimum atomic E-state index is 1.05. The van der Waals surface area contributed by atoms with E-state index in [0.29, 0.717) is 0 Å². The summed E-state index contributed by atoms with van der Waals surface area (Å²) in [4.78, 5) is 2.48. The van der Waals surface area contributed by atoms with Crippen LogP contribution in [0.1, 0.15) is 24.8 Å². The lowest BCUT2D eigenvalue weighted by Gasteiger charge is -2.28. The van der Waals surface area contributed by atoms with E-state index in [2.05, 4.69) is 53.4 Å². The molecule has 0 unspecified atom stereocenters. The second-order valence-corrected chi connectivity index (χ2v) is 6.87. The topological polar surface area (TPSA) is 18.8 Å². The molecule has 0 aliphatic carbocycles. The van der Waals surface area contributed by atoms with Gasteiger partial charge in [0, 0.05) is 18.8 Å². The number of para-hydroxylation sites is 2. The van der Waals surface area contributed by atoms with E-state index in [4.69, 9.17) is 5.10 Å². The molecule has 3 aromatic carbocycles. The normalized spacial score (nSPS) is 14.4. The molecule has 27 heavy (non-hydrogen) atoms. The Hall–Kier alpha value is -3.07. The number of anilines is 3. The van der Waals surface area contributed by atoms with Gasteiger partial charge in [0.05, 0.1) is 17.6 Å². The number of benzene rings is 3. The van der Waals surface area contributed by atoms with Crippen molar-refractivity contribution >= 4 is 23.3 Å². The number of piperidine rings is 1. The van der Waals surface area contributed by atoms with Gasteiger partial charge >= 0.3 is 0 Å². The van der Waals surface area contributed by atoms with E-state index in [1.807, 2.05) is 47.6 Å². The molecular weight excluding hydrogens is 330 g/mol. The van der Waals surface area contributed by atoms with Gasteiger partial charge in [-0.15, -0.1) is 0 Å². The summed E-state index contributed by atoms with van der Waals surface area (Å²) in [5.41, 5.74) is 4.51. The number of hydrogen-bond acceptors (Lipinski definition) is 3. The Kier molecular flexibility index (Phi) is 5.49. The van der Waals surface area contributed by atoms with Gasteiger partial charge in [-0.05, 0) is 61.2 Å². The molecule has 1 fully saturated rings. The summed E-state index contributed by atoms with van der Waals surface area (Å²) in [6.07, 6.45) is 5.88. The van der Waals surface area contributed by atoms with Gasteiger partial charge in [0.15, 0.2) is 0 Å². The van der Waals surface area contributed by atoms with Crippen molar-refractivity contribution in [2.24, 2.45) is 5.10 Å². The van der Waals surface area contributed by atoms with Crippen LogP contribution in [0.3, 0.4) is 0 Å². The zero-order valence-corrected chi connectivity index (χ0v) is 15.5. The molecule has 0 aromatic heterocycles. The quantitative estimate of drug-likeness (QED) is 0.422. The van der Waals surface area contributed by atoms with Gasteiger partial charge in [-0.25, -0.2) is 5.01 Å². The summed E-state index contributed by atoms with van der Waals surface area (Å²) >= 11 is 0. The van der Waals surface area contributed by atoms with Crippen LogP contribution in [-0.2, 0) is 0 Å². The van der Waals surface area contributed by atoms with Crippen LogP contribution in [0.4, 0.5) is 17.1 Å². The third-order valence-electron chi connectivity index (χ3n) is 4.94. The summed E-state index contributed by atoms with van der Waals surface area (Å²) in [6.45, 7) is 2.34. The molecule has 136 valence electrons. The highest BCUT2D eigenvalue weighted by Crippen LogP contribution is 2.25. The van der Waals surface area contributed by atoms with Crippen molar-refractivity contribution in [2.75, 3.05) is 23.0 Å². The van der Waals surface area contributed by atoms with Crippen molar-refractivity contribution in [2.45, 2.75) is 19.3 Å². The van der Waals surface area contributed by atoms with Crippen molar-refractivity contribution in [3.05, 3.63) is 90.5 Å². The summed E-state index contributed by atoms with van der Waals surface area (Å²) in [5, 5.41) is 6.74. The molecule has 1 saturated heterocycles. The van der Waals surface area contributed by atoms with Crippen LogP contribution >= 0.6 is 0 Å². The summed E-state index contributed by atoms with van der Waals surface area (Å²) in [5.74, 6) is 0. The van der Waals surface area contributed by atoms with Gasteiger partial charge in [-0.3, -0.25) is 0 Å². The first kappa shape index (κ1) is 17.3. The summed E-state index contributed by atoms with van der Waals surface area (Å²) < 4.78 is 0. The molecule has 1 heterocycles. The molecule has 0 bridgehead atoms. The maximum atomic E-state index is 4.77. The summed E-state index contributed by atoms with van der Waals surface area (Å²) in [7, 11) is 0. The van der Waals surface area contributed by atoms with E-state index < -0.39 is 0 Å². The number of rotatable bonds is 5. The van der Waals surface area contributed by atoms with Crippen molar-refractivity contribution in [1.82, 2.24) is 0 Å². The van der Waals surface area contributed by atoms with Crippen molar-refractivity contribution in [1.29, 1.82) is 0 Å². The highest BCUT2D eigenvalue weighted by atomic mass is 15.5. The first-order chi connectivity index (χ1) is 13.4. The van der Waals surface area contributed by atoms with Crippen LogP contribution in [0.2, 0.25) is 0 Å². The fourth-order valence-electron chi connectivity index (χ4n) is 3.47. The molecule has 0 saturated carbocycles. The lowest BCUT2D eigenvalue weighted by Crippen LogP contribution is -2.29. The van der Waals surface area contributed by atoms with Crippen LogP contribution < -0.4 is 9.91 Å². The fourth-order valence-corrected chi connectivity index (χ4v) is 3.47. The Morgan fingerprint density at radius 3 is 1.78 bits per heavy atom. The van der Waals surface area contributed by atoms with E-state index in [-0.39, 0.29) is 0 Å². The maximum absolute atomic E-state index is 4.77. The third kappa shape index (κ3) is 4.37. The van der Waals surface area contributed by atoms with E-state index in [1.165, 1.54) is 38.0 Å². The molecule has 1 aliphatic rings.